The maximum atomic E-state index is 2.46. The van der Waals surface area contributed by atoms with Crippen LogP contribution >= 0.6 is 0 Å². The van der Waals surface area contributed by atoms with Crippen molar-refractivity contribution >= 4 is 0 Å². The first-order chi connectivity index (χ1) is 13.8. The van der Waals surface area contributed by atoms with Crippen LogP contribution in [0.3, 0.4) is 0 Å². The molecule has 28 heavy (non-hydrogen) atoms. The lowest BCUT2D eigenvalue weighted by atomic mass is 10.1. The number of hydrogen-bond acceptors (Lipinski definition) is 0. The first-order valence-corrected chi connectivity index (χ1v) is 10.4. The highest BCUT2D eigenvalue weighted by Crippen LogP contribution is 2.25. The molecule has 0 aromatic heterocycles. The second-order valence-corrected chi connectivity index (χ2v) is 7.68. The van der Waals surface area contributed by atoms with Gasteiger partial charge in [0, 0.05) is 16.7 Å². The van der Waals surface area contributed by atoms with Gasteiger partial charge in [0.25, 0.3) is 0 Å². The molecular formula is C27H32N+. The first-order valence-electron chi connectivity index (χ1n) is 10.4. The molecule has 0 unspecified atom stereocenters. The van der Waals surface area contributed by atoms with Crippen molar-refractivity contribution in [3.8, 4) is 0 Å². The normalized spacial score (nSPS) is 11.8. The second-order valence-electron chi connectivity index (χ2n) is 7.68. The van der Waals surface area contributed by atoms with Gasteiger partial charge in [0.1, 0.15) is 19.6 Å². The van der Waals surface area contributed by atoms with Crippen molar-refractivity contribution in [2.45, 2.75) is 45.8 Å². The third-order valence-corrected chi connectivity index (χ3v) is 5.17. The predicted octanol–water partition coefficient (Wildman–Crippen LogP) is 7.11. The molecule has 0 spiro atoms. The fraction of sp³-hybridized carbons (Fsp3) is 0.259. The van der Waals surface area contributed by atoms with Crippen molar-refractivity contribution in [3.05, 3.63) is 120 Å². The fourth-order valence-corrected chi connectivity index (χ4v) is 3.79. The molecule has 0 N–H and O–H groups in total. The number of rotatable bonds is 10. The monoisotopic (exact) mass is 370 g/mol. The number of hydrogen-bond donors (Lipinski definition) is 0. The predicted molar refractivity (Wildman–Crippen MR) is 119 cm³/mol. The highest BCUT2D eigenvalue weighted by atomic mass is 15.3. The standard InChI is InChI=1S/C27H32N/c1-2-3-4-14-21-28(22-25-15-8-5-9-16-25,23-26-17-10-6-11-18-26)24-27-19-12-7-13-20-27/h5-21H,2-4,22-24H2,1H3/q+1/b21-14+. The number of allylic oxidation sites excluding steroid dienone is 1. The van der Waals surface area contributed by atoms with Crippen LogP contribution in [0.1, 0.15) is 42.9 Å². The van der Waals surface area contributed by atoms with Crippen LogP contribution in [-0.4, -0.2) is 4.48 Å². The van der Waals surface area contributed by atoms with Gasteiger partial charge in [-0.05, 0) is 18.9 Å². The Labute approximate surface area is 170 Å². The van der Waals surface area contributed by atoms with Gasteiger partial charge in [-0.3, -0.25) is 4.48 Å². The second kappa shape index (κ2) is 10.6. The minimum atomic E-state index is 0.905. The summed E-state index contributed by atoms with van der Waals surface area (Å²) in [7, 11) is 0. The van der Waals surface area contributed by atoms with Crippen molar-refractivity contribution in [1.82, 2.24) is 0 Å². The van der Waals surface area contributed by atoms with Crippen molar-refractivity contribution in [3.63, 3.8) is 0 Å². The van der Waals surface area contributed by atoms with E-state index in [4.69, 9.17) is 0 Å². The zero-order chi connectivity index (χ0) is 19.5. The minimum Gasteiger partial charge on any atom is -0.286 e. The van der Waals surface area contributed by atoms with Gasteiger partial charge in [-0.2, -0.15) is 0 Å². The molecular weight excluding hydrogens is 338 g/mol. The molecule has 3 aromatic carbocycles. The van der Waals surface area contributed by atoms with Gasteiger partial charge in [-0.25, -0.2) is 0 Å². The lowest BCUT2D eigenvalue weighted by Gasteiger charge is -2.35. The summed E-state index contributed by atoms with van der Waals surface area (Å²) < 4.78 is 0.905. The van der Waals surface area contributed by atoms with Gasteiger partial charge in [0.15, 0.2) is 0 Å². The fourth-order valence-electron chi connectivity index (χ4n) is 3.79. The minimum absolute atomic E-state index is 0.905. The number of quaternary nitrogens is 1. The van der Waals surface area contributed by atoms with E-state index in [1.165, 1.54) is 29.5 Å². The van der Waals surface area contributed by atoms with E-state index in [0.29, 0.717) is 0 Å². The summed E-state index contributed by atoms with van der Waals surface area (Å²) in [6.07, 6.45) is 8.49. The average molecular weight is 371 g/mol. The Morgan fingerprint density at radius 1 is 0.607 bits per heavy atom. The molecule has 3 aromatic rings. The molecule has 0 radical (unpaired) electrons. The Bertz CT molecular complexity index is 720. The molecule has 0 aliphatic rings. The van der Waals surface area contributed by atoms with Crippen LogP contribution in [0, 0.1) is 0 Å². The van der Waals surface area contributed by atoms with Crippen molar-refractivity contribution in [2.24, 2.45) is 0 Å². The van der Waals surface area contributed by atoms with E-state index in [1.807, 2.05) is 0 Å². The summed E-state index contributed by atoms with van der Waals surface area (Å²) >= 11 is 0. The molecule has 144 valence electrons. The Hall–Kier alpha value is -2.64. The summed E-state index contributed by atoms with van der Waals surface area (Å²) in [4.78, 5) is 0. The average Bonchev–Trinajstić information content (AvgIpc) is 2.73. The lowest BCUT2D eigenvalue weighted by Crippen LogP contribution is -2.40. The number of benzene rings is 3. The van der Waals surface area contributed by atoms with E-state index in [0.717, 1.165) is 30.5 Å². The smallest absolute Gasteiger partial charge is 0.109 e. The third kappa shape index (κ3) is 6.21. The van der Waals surface area contributed by atoms with E-state index < -0.39 is 0 Å². The lowest BCUT2D eigenvalue weighted by molar-refractivity contribution is -0.919. The topological polar surface area (TPSA) is 0 Å². The zero-order valence-corrected chi connectivity index (χ0v) is 17.0. The highest BCUT2D eigenvalue weighted by Gasteiger charge is 2.26. The SMILES string of the molecule is CCCC/C=C/[N+](Cc1ccccc1)(Cc1ccccc1)Cc1ccccc1. The molecule has 0 heterocycles. The van der Waals surface area contributed by atoms with Crippen LogP contribution in [0.2, 0.25) is 0 Å². The summed E-state index contributed by atoms with van der Waals surface area (Å²) in [6, 6.07) is 32.7. The van der Waals surface area contributed by atoms with Crippen LogP contribution in [-0.2, 0) is 19.6 Å². The number of nitrogens with zero attached hydrogens (tertiary/aromatic N) is 1. The molecule has 0 fully saturated rings. The van der Waals surface area contributed by atoms with Gasteiger partial charge >= 0.3 is 0 Å². The van der Waals surface area contributed by atoms with Crippen molar-refractivity contribution in [2.75, 3.05) is 0 Å². The maximum Gasteiger partial charge on any atom is 0.109 e. The molecule has 0 saturated heterocycles. The van der Waals surface area contributed by atoms with Crippen molar-refractivity contribution in [1.29, 1.82) is 0 Å². The van der Waals surface area contributed by atoms with E-state index in [2.05, 4.69) is 110 Å². The van der Waals surface area contributed by atoms with Crippen LogP contribution in [0.25, 0.3) is 0 Å². The highest BCUT2D eigenvalue weighted by molar-refractivity contribution is 5.17. The summed E-state index contributed by atoms with van der Waals surface area (Å²) in [6.45, 7) is 5.24. The molecule has 0 saturated carbocycles. The number of unbranched alkanes of at least 4 members (excludes halogenated alkanes) is 2. The molecule has 0 bridgehead atoms. The third-order valence-electron chi connectivity index (χ3n) is 5.17. The summed E-state index contributed by atoms with van der Waals surface area (Å²) in [5, 5.41) is 0. The molecule has 1 heteroatoms. The quantitative estimate of drug-likeness (QED) is 0.263. The molecule has 1 nitrogen and oxygen atoms in total. The van der Waals surface area contributed by atoms with Crippen molar-refractivity contribution < 1.29 is 4.48 Å². The maximum absolute atomic E-state index is 2.46. The Morgan fingerprint density at radius 3 is 1.36 bits per heavy atom. The molecule has 0 atom stereocenters. The molecule has 3 rings (SSSR count). The van der Waals surface area contributed by atoms with Gasteiger partial charge in [0.2, 0.25) is 0 Å². The van der Waals surface area contributed by atoms with Gasteiger partial charge in [0.05, 0.1) is 6.20 Å². The molecule has 0 aliphatic heterocycles. The van der Waals surface area contributed by atoms with Crippen LogP contribution in [0.15, 0.2) is 103 Å². The molecule has 0 amide bonds. The van der Waals surface area contributed by atoms with E-state index in [9.17, 15) is 0 Å². The van der Waals surface area contributed by atoms with Gasteiger partial charge < -0.3 is 0 Å². The van der Waals surface area contributed by atoms with E-state index in [-0.39, 0.29) is 0 Å². The first kappa shape index (κ1) is 20.1. The Balaban J connectivity index is 1.96. The zero-order valence-electron chi connectivity index (χ0n) is 17.0. The largest absolute Gasteiger partial charge is 0.286 e. The Kier molecular flexibility index (Phi) is 7.63. The van der Waals surface area contributed by atoms with Gasteiger partial charge in [-0.15, -0.1) is 0 Å². The Morgan fingerprint density at radius 2 is 1.00 bits per heavy atom. The summed E-state index contributed by atoms with van der Waals surface area (Å²) in [5.74, 6) is 0. The molecule has 0 aliphatic carbocycles. The van der Waals surface area contributed by atoms with Crippen LogP contribution in [0.4, 0.5) is 0 Å². The van der Waals surface area contributed by atoms with Gasteiger partial charge in [-0.1, -0.05) is 104 Å². The van der Waals surface area contributed by atoms with Crippen LogP contribution in [0.5, 0.6) is 0 Å². The van der Waals surface area contributed by atoms with Crippen LogP contribution < -0.4 is 0 Å². The van der Waals surface area contributed by atoms with E-state index >= 15 is 0 Å². The van der Waals surface area contributed by atoms with E-state index in [1.54, 1.807) is 0 Å². The summed E-state index contributed by atoms with van der Waals surface area (Å²) in [5.41, 5.74) is 4.15.